The van der Waals surface area contributed by atoms with E-state index in [1.165, 1.54) is 39.1 Å². The van der Waals surface area contributed by atoms with Crippen molar-refractivity contribution in [3.05, 3.63) is 0 Å². The molecular weight excluding hydrogens is 242 g/mol. The molecule has 0 spiro atoms. The molecule has 18 heavy (non-hydrogen) atoms. The summed E-state index contributed by atoms with van der Waals surface area (Å²) in [5, 5.41) is 0. The SMILES string of the molecule is CCN1CCN(CCCC(C)(C)C(N)=S)CC1C. The minimum Gasteiger partial charge on any atom is -0.393 e. The number of piperazine rings is 1. The zero-order chi connectivity index (χ0) is 13.8. The molecule has 0 amide bonds. The largest absolute Gasteiger partial charge is 0.393 e. The van der Waals surface area contributed by atoms with Crippen LogP contribution in [0.2, 0.25) is 0 Å². The smallest absolute Gasteiger partial charge is 0.0784 e. The maximum absolute atomic E-state index is 5.76. The topological polar surface area (TPSA) is 32.5 Å². The molecule has 0 bridgehead atoms. The maximum atomic E-state index is 5.76. The van der Waals surface area contributed by atoms with E-state index in [4.69, 9.17) is 18.0 Å². The van der Waals surface area contributed by atoms with Crippen LogP contribution in [0.5, 0.6) is 0 Å². The zero-order valence-corrected chi connectivity index (χ0v) is 13.2. The summed E-state index contributed by atoms with van der Waals surface area (Å²) >= 11 is 5.11. The van der Waals surface area contributed by atoms with Crippen molar-refractivity contribution in [2.75, 3.05) is 32.7 Å². The predicted molar refractivity (Wildman–Crippen MR) is 82.9 cm³/mol. The van der Waals surface area contributed by atoms with Crippen LogP contribution in [0.15, 0.2) is 0 Å². The molecule has 1 fully saturated rings. The van der Waals surface area contributed by atoms with Crippen molar-refractivity contribution in [3.8, 4) is 0 Å². The molecule has 1 aliphatic rings. The van der Waals surface area contributed by atoms with Gasteiger partial charge in [0, 0.05) is 31.1 Å². The molecule has 1 heterocycles. The summed E-state index contributed by atoms with van der Waals surface area (Å²) in [7, 11) is 0. The molecule has 0 aromatic carbocycles. The minimum atomic E-state index is 0.00614. The molecule has 0 aromatic heterocycles. The third kappa shape index (κ3) is 4.48. The van der Waals surface area contributed by atoms with Gasteiger partial charge in [-0.25, -0.2) is 0 Å². The zero-order valence-electron chi connectivity index (χ0n) is 12.4. The molecule has 1 unspecified atom stereocenters. The number of rotatable bonds is 6. The third-order valence-corrected chi connectivity index (χ3v) is 4.75. The Labute approximate surface area is 118 Å². The van der Waals surface area contributed by atoms with Gasteiger partial charge in [-0.05, 0) is 32.9 Å². The van der Waals surface area contributed by atoms with E-state index in [1.807, 2.05) is 0 Å². The first-order valence-electron chi connectivity index (χ1n) is 7.13. The lowest BCUT2D eigenvalue weighted by Crippen LogP contribution is -2.51. The molecule has 106 valence electrons. The van der Waals surface area contributed by atoms with Crippen LogP contribution >= 0.6 is 12.2 Å². The van der Waals surface area contributed by atoms with Crippen LogP contribution in [0.1, 0.15) is 40.5 Å². The summed E-state index contributed by atoms with van der Waals surface area (Å²) in [6.07, 6.45) is 2.27. The number of nitrogens with zero attached hydrogens (tertiary/aromatic N) is 2. The van der Waals surface area contributed by atoms with E-state index in [2.05, 4.69) is 37.5 Å². The van der Waals surface area contributed by atoms with Crippen molar-refractivity contribution < 1.29 is 0 Å². The highest BCUT2D eigenvalue weighted by atomic mass is 32.1. The van der Waals surface area contributed by atoms with Crippen LogP contribution in [0.3, 0.4) is 0 Å². The fourth-order valence-electron chi connectivity index (χ4n) is 2.61. The second-order valence-corrected chi connectivity index (χ2v) is 6.57. The maximum Gasteiger partial charge on any atom is 0.0784 e. The number of hydrogen-bond donors (Lipinski definition) is 1. The number of thiocarbonyl (C=S) groups is 1. The Hall–Kier alpha value is -0.190. The van der Waals surface area contributed by atoms with Crippen molar-refractivity contribution >= 4 is 17.2 Å². The van der Waals surface area contributed by atoms with E-state index in [0.29, 0.717) is 11.0 Å². The lowest BCUT2D eigenvalue weighted by Gasteiger charge is -2.39. The standard InChI is InChI=1S/C14H29N3S/c1-5-17-10-9-16(11-12(17)2)8-6-7-14(3,4)13(15)18/h12H,5-11H2,1-4H3,(H2,15,18). The summed E-state index contributed by atoms with van der Waals surface area (Å²) in [6, 6.07) is 0.687. The molecule has 1 rings (SSSR count). The van der Waals surface area contributed by atoms with Crippen molar-refractivity contribution in [1.82, 2.24) is 9.80 Å². The molecule has 0 aliphatic carbocycles. The molecule has 0 radical (unpaired) electrons. The van der Waals surface area contributed by atoms with Crippen molar-refractivity contribution in [2.45, 2.75) is 46.6 Å². The molecule has 1 aliphatic heterocycles. The van der Waals surface area contributed by atoms with Crippen LogP contribution < -0.4 is 5.73 Å². The van der Waals surface area contributed by atoms with Gasteiger partial charge in [0.1, 0.15) is 0 Å². The second kappa shape index (κ2) is 6.83. The van der Waals surface area contributed by atoms with Crippen LogP contribution in [0.4, 0.5) is 0 Å². The lowest BCUT2D eigenvalue weighted by molar-refractivity contribution is 0.0858. The van der Waals surface area contributed by atoms with Crippen LogP contribution in [0, 0.1) is 5.41 Å². The highest BCUT2D eigenvalue weighted by Crippen LogP contribution is 2.23. The highest BCUT2D eigenvalue weighted by Gasteiger charge is 2.24. The number of hydrogen-bond acceptors (Lipinski definition) is 3. The fourth-order valence-corrected chi connectivity index (χ4v) is 2.71. The van der Waals surface area contributed by atoms with Gasteiger partial charge in [0.15, 0.2) is 0 Å². The number of likely N-dealkylation sites (N-methyl/N-ethyl adjacent to an activating group) is 1. The summed E-state index contributed by atoms with van der Waals surface area (Å²) in [4.78, 5) is 5.77. The van der Waals surface area contributed by atoms with Gasteiger partial charge in [-0.1, -0.05) is 33.0 Å². The second-order valence-electron chi connectivity index (χ2n) is 6.13. The van der Waals surface area contributed by atoms with Gasteiger partial charge < -0.3 is 10.6 Å². The monoisotopic (exact) mass is 271 g/mol. The van der Waals surface area contributed by atoms with Gasteiger partial charge in [0.05, 0.1) is 4.99 Å². The molecule has 4 heteroatoms. The van der Waals surface area contributed by atoms with E-state index < -0.39 is 0 Å². The van der Waals surface area contributed by atoms with E-state index in [-0.39, 0.29) is 5.41 Å². The molecule has 0 saturated carbocycles. The van der Waals surface area contributed by atoms with Crippen molar-refractivity contribution in [3.63, 3.8) is 0 Å². The third-order valence-electron chi connectivity index (χ3n) is 4.20. The van der Waals surface area contributed by atoms with Crippen LogP contribution in [0.25, 0.3) is 0 Å². The highest BCUT2D eigenvalue weighted by molar-refractivity contribution is 7.80. The van der Waals surface area contributed by atoms with Gasteiger partial charge in [-0.2, -0.15) is 0 Å². The van der Waals surface area contributed by atoms with E-state index in [0.717, 1.165) is 6.42 Å². The Morgan fingerprint density at radius 3 is 2.56 bits per heavy atom. The minimum absolute atomic E-state index is 0.00614. The van der Waals surface area contributed by atoms with Crippen LogP contribution in [-0.2, 0) is 0 Å². The van der Waals surface area contributed by atoms with Gasteiger partial charge >= 0.3 is 0 Å². The Bertz CT molecular complexity index is 278. The average Bonchev–Trinajstić information content (AvgIpc) is 2.29. The first-order chi connectivity index (χ1) is 8.36. The van der Waals surface area contributed by atoms with E-state index in [9.17, 15) is 0 Å². The van der Waals surface area contributed by atoms with E-state index in [1.54, 1.807) is 0 Å². The Kier molecular flexibility index (Phi) is 6.02. The van der Waals surface area contributed by atoms with Crippen LogP contribution in [-0.4, -0.2) is 53.6 Å². The molecule has 2 N–H and O–H groups in total. The van der Waals surface area contributed by atoms with Gasteiger partial charge in [-0.15, -0.1) is 0 Å². The molecule has 0 aromatic rings. The Morgan fingerprint density at radius 2 is 2.06 bits per heavy atom. The summed E-state index contributed by atoms with van der Waals surface area (Å²) in [6.45, 7) is 14.8. The van der Waals surface area contributed by atoms with E-state index >= 15 is 0 Å². The number of nitrogens with two attached hydrogens (primary N) is 1. The average molecular weight is 271 g/mol. The summed E-state index contributed by atoms with van der Waals surface area (Å²) in [5.74, 6) is 0. The van der Waals surface area contributed by atoms with Gasteiger partial charge in [0.25, 0.3) is 0 Å². The normalized spacial score (nSPS) is 23.2. The summed E-state index contributed by atoms with van der Waals surface area (Å²) in [5.41, 5.74) is 5.77. The fraction of sp³-hybridized carbons (Fsp3) is 0.929. The molecule has 1 saturated heterocycles. The Balaban J connectivity index is 2.27. The first kappa shape index (κ1) is 15.9. The Morgan fingerprint density at radius 1 is 1.39 bits per heavy atom. The van der Waals surface area contributed by atoms with Crippen molar-refractivity contribution in [1.29, 1.82) is 0 Å². The first-order valence-corrected chi connectivity index (χ1v) is 7.54. The summed E-state index contributed by atoms with van der Waals surface area (Å²) < 4.78 is 0. The lowest BCUT2D eigenvalue weighted by atomic mass is 9.88. The molecule has 1 atom stereocenters. The predicted octanol–water partition coefficient (Wildman–Crippen LogP) is 2.10. The van der Waals surface area contributed by atoms with Crippen molar-refractivity contribution in [2.24, 2.45) is 11.1 Å². The quantitative estimate of drug-likeness (QED) is 0.750. The van der Waals surface area contributed by atoms with Gasteiger partial charge in [0.2, 0.25) is 0 Å². The molecular formula is C14H29N3S. The van der Waals surface area contributed by atoms with Gasteiger partial charge in [-0.3, -0.25) is 4.90 Å². The molecule has 3 nitrogen and oxygen atoms in total.